The standard InChI is InChI=1S/C21H24N2O4S/c1-3-4-7-16-22-21(24)15-12-17-10-13-18(14-11-17)28(25,26)23-19-8-5-6-9-20(19)27-2/h3-6,8-15,23H,7,16H2,1-2H3,(H,22,24)/b4-3+,15-12+. The van der Waals surface area contributed by atoms with Crippen molar-refractivity contribution in [1.29, 1.82) is 0 Å². The highest BCUT2D eigenvalue weighted by Crippen LogP contribution is 2.26. The van der Waals surface area contributed by atoms with Gasteiger partial charge in [0.1, 0.15) is 5.75 Å². The molecule has 6 nitrogen and oxygen atoms in total. The topological polar surface area (TPSA) is 84.5 Å². The molecular weight excluding hydrogens is 376 g/mol. The summed E-state index contributed by atoms with van der Waals surface area (Å²) in [6, 6.07) is 13.0. The number of sulfonamides is 1. The molecule has 0 aromatic heterocycles. The van der Waals surface area contributed by atoms with Crippen LogP contribution in [-0.2, 0) is 14.8 Å². The zero-order valence-electron chi connectivity index (χ0n) is 15.9. The van der Waals surface area contributed by atoms with Crippen molar-refractivity contribution in [2.45, 2.75) is 18.2 Å². The molecule has 0 bridgehead atoms. The molecule has 2 N–H and O–H groups in total. The number of methoxy groups -OCH3 is 1. The number of ether oxygens (including phenoxy) is 1. The van der Waals surface area contributed by atoms with Gasteiger partial charge in [-0.25, -0.2) is 8.42 Å². The van der Waals surface area contributed by atoms with Gasteiger partial charge in [0.2, 0.25) is 5.91 Å². The minimum atomic E-state index is -3.75. The van der Waals surface area contributed by atoms with Gasteiger partial charge in [0.25, 0.3) is 10.0 Å². The van der Waals surface area contributed by atoms with E-state index in [1.54, 1.807) is 42.5 Å². The molecule has 0 radical (unpaired) electrons. The second-order valence-corrected chi connectivity index (χ2v) is 7.54. The largest absolute Gasteiger partial charge is 0.495 e. The van der Waals surface area contributed by atoms with Crippen molar-refractivity contribution in [3.63, 3.8) is 0 Å². The maximum Gasteiger partial charge on any atom is 0.262 e. The molecule has 0 aliphatic carbocycles. The first-order chi connectivity index (χ1) is 13.5. The number of anilines is 1. The van der Waals surface area contributed by atoms with Crippen molar-refractivity contribution in [2.24, 2.45) is 0 Å². The Labute approximate surface area is 166 Å². The molecule has 0 atom stereocenters. The van der Waals surface area contributed by atoms with Gasteiger partial charge in [-0.2, -0.15) is 0 Å². The van der Waals surface area contributed by atoms with Gasteiger partial charge in [0.15, 0.2) is 0 Å². The Bertz CT molecular complexity index is 949. The number of carbonyl (C=O) groups is 1. The van der Waals surface area contributed by atoms with Crippen molar-refractivity contribution in [1.82, 2.24) is 5.32 Å². The van der Waals surface area contributed by atoms with E-state index in [4.69, 9.17) is 4.74 Å². The third-order valence-electron chi connectivity index (χ3n) is 3.81. The van der Waals surface area contributed by atoms with E-state index in [-0.39, 0.29) is 10.8 Å². The van der Waals surface area contributed by atoms with Crippen LogP contribution in [0.1, 0.15) is 18.9 Å². The summed E-state index contributed by atoms with van der Waals surface area (Å²) in [7, 11) is -2.27. The summed E-state index contributed by atoms with van der Waals surface area (Å²) < 4.78 is 32.8. The molecule has 0 heterocycles. The predicted molar refractivity (Wildman–Crippen MR) is 112 cm³/mol. The summed E-state index contributed by atoms with van der Waals surface area (Å²) in [5.74, 6) is 0.241. The van der Waals surface area contributed by atoms with Gasteiger partial charge in [0.05, 0.1) is 17.7 Å². The summed E-state index contributed by atoms with van der Waals surface area (Å²) in [6.45, 7) is 2.50. The molecule has 0 saturated carbocycles. The number of amides is 1. The summed E-state index contributed by atoms with van der Waals surface area (Å²) in [6.07, 6.45) is 7.74. The normalized spacial score (nSPS) is 11.6. The van der Waals surface area contributed by atoms with Crippen LogP contribution >= 0.6 is 0 Å². The fraction of sp³-hybridized carbons (Fsp3) is 0.190. The van der Waals surface area contributed by atoms with E-state index in [9.17, 15) is 13.2 Å². The Balaban J connectivity index is 2.02. The Morgan fingerprint density at radius 1 is 1.11 bits per heavy atom. The van der Waals surface area contributed by atoms with E-state index in [2.05, 4.69) is 10.0 Å². The Hall–Kier alpha value is -3.06. The van der Waals surface area contributed by atoms with Crippen LogP contribution in [0.4, 0.5) is 5.69 Å². The van der Waals surface area contributed by atoms with Gasteiger partial charge in [-0.05, 0) is 49.2 Å². The van der Waals surface area contributed by atoms with E-state index in [0.717, 1.165) is 12.0 Å². The number of hydrogen-bond acceptors (Lipinski definition) is 4. The molecule has 1 amide bonds. The van der Waals surface area contributed by atoms with Gasteiger partial charge in [-0.1, -0.05) is 36.4 Å². The molecule has 2 aromatic carbocycles. The number of rotatable bonds is 9. The molecule has 148 valence electrons. The lowest BCUT2D eigenvalue weighted by Crippen LogP contribution is -2.21. The molecule has 0 unspecified atom stereocenters. The molecule has 7 heteroatoms. The van der Waals surface area contributed by atoms with Gasteiger partial charge in [0, 0.05) is 12.6 Å². The lowest BCUT2D eigenvalue weighted by atomic mass is 10.2. The van der Waals surface area contributed by atoms with Crippen LogP contribution in [0.2, 0.25) is 0 Å². The Morgan fingerprint density at radius 3 is 2.50 bits per heavy atom. The summed E-state index contributed by atoms with van der Waals surface area (Å²) >= 11 is 0. The average Bonchev–Trinajstić information content (AvgIpc) is 2.70. The predicted octanol–water partition coefficient (Wildman–Crippen LogP) is 3.59. The Kier molecular flexibility index (Phi) is 7.83. The monoisotopic (exact) mass is 400 g/mol. The zero-order chi connectivity index (χ0) is 20.4. The number of hydrogen-bond donors (Lipinski definition) is 2. The van der Waals surface area contributed by atoms with Crippen LogP contribution in [0.3, 0.4) is 0 Å². The van der Waals surface area contributed by atoms with Gasteiger partial charge in [-0.3, -0.25) is 9.52 Å². The second kappa shape index (κ2) is 10.3. The number of nitrogens with one attached hydrogen (secondary N) is 2. The van der Waals surface area contributed by atoms with Crippen LogP contribution in [0, 0.1) is 0 Å². The van der Waals surface area contributed by atoms with Crippen molar-refractivity contribution in [3.05, 3.63) is 72.3 Å². The molecule has 28 heavy (non-hydrogen) atoms. The Morgan fingerprint density at radius 2 is 1.82 bits per heavy atom. The zero-order valence-corrected chi connectivity index (χ0v) is 16.7. The maximum atomic E-state index is 12.6. The van der Waals surface area contributed by atoms with E-state index in [1.807, 2.05) is 19.1 Å². The lowest BCUT2D eigenvalue weighted by molar-refractivity contribution is -0.116. The fourth-order valence-electron chi connectivity index (χ4n) is 2.37. The van der Waals surface area contributed by atoms with Crippen molar-refractivity contribution in [3.8, 4) is 5.75 Å². The minimum absolute atomic E-state index is 0.117. The molecule has 0 fully saturated rings. The second-order valence-electron chi connectivity index (χ2n) is 5.86. The molecule has 0 aliphatic heterocycles. The van der Waals surface area contributed by atoms with Crippen LogP contribution < -0.4 is 14.8 Å². The van der Waals surface area contributed by atoms with Crippen molar-refractivity contribution < 1.29 is 17.9 Å². The summed E-state index contributed by atoms with van der Waals surface area (Å²) in [5, 5.41) is 2.77. The minimum Gasteiger partial charge on any atom is -0.495 e. The van der Waals surface area contributed by atoms with E-state index < -0.39 is 10.0 Å². The third-order valence-corrected chi connectivity index (χ3v) is 5.20. The van der Waals surface area contributed by atoms with Gasteiger partial charge < -0.3 is 10.1 Å². The molecule has 2 aromatic rings. The SMILES string of the molecule is C/C=C/CCNC(=O)/C=C/c1ccc(S(=O)(=O)Nc2ccccc2OC)cc1. The average molecular weight is 401 g/mol. The molecule has 0 aliphatic rings. The van der Waals surface area contributed by atoms with Gasteiger partial charge >= 0.3 is 0 Å². The fourth-order valence-corrected chi connectivity index (χ4v) is 3.44. The summed E-state index contributed by atoms with van der Waals surface area (Å²) in [5.41, 5.74) is 1.09. The smallest absolute Gasteiger partial charge is 0.262 e. The lowest BCUT2D eigenvalue weighted by Gasteiger charge is -2.11. The molecule has 2 rings (SSSR count). The van der Waals surface area contributed by atoms with Crippen molar-refractivity contribution in [2.75, 3.05) is 18.4 Å². The van der Waals surface area contributed by atoms with Crippen LogP contribution in [-0.4, -0.2) is 28.0 Å². The molecular formula is C21H24N2O4S. The number of allylic oxidation sites excluding steroid dienone is 1. The quantitative estimate of drug-likeness (QED) is 0.383. The van der Waals surface area contributed by atoms with Crippen LogP contribution in [0.5, 0.6) is 5.75 Å². The summed E-state index contributed by atoms with van der Waals surface area (Å²) in [4.78, 5) is 11.8. The first-order valence-electron chi connectivity index (χ1n) is 8.79. The van der Waals surface area contributed by atoms with Crippen LogP contribution in [0.15, 0.2) is 71.7 Å². The van der Waals surface area contributed by atoms with E-state index in [1.165, 1.54) is 25.3 Å². The highest BCUT2D eigenvalue weighted by atomic mass is 32.2. The highest BCUT2D eigenvalue weighted by molar-refractivity contribution is 7.92. The van der Waals surface area contributed by atoms with E-state index in [0.29, 0.717) is 18.0 Å². The first-order valence-corrected chi connectivity index (χ1v) is 10.3. The van der Waals surface area contributed by atoms with Crippen LogP contribution in [0.25, 0.3) is 6.08 Å². The number of para-hydroxylation sites is 2. The van der Waals surface area contributed by atoms with E-state index >= 15 is 0 Å². The number of carbonyl (C=O) groups excluding carboxylic acids is 1. The van der Waals surface area contributed by atoms with Crippen molar-refractivity contribution >= 4 is 27.7 Å². The molecule has 0 saturated heterocycles. The van der Waals surface area contributed by atoms with Gasteiger partial charge in [-0.15, -0.1) is 0 Å². The molecule has 0 spiro atoms. The first kappa shape index (κ1) is 21.2. The highest BCUT2D eigenvalue weighted by Gasteiger charge is 2.16. The number of benzene rings is 2. The maximum absolute atomic E-state index is 12.6. The third kappa shape index (κ3) is 6.28.